The monoisotopic (exact) mass is 253 g/mol. The Morgan fingerprint density at radius 1 is 1.21 bits per heavy atom. The van der Waals surface area contributed by atoms with Gasteiger partial charge in [0.25, 0.3) is 0 Å². The predicted molar refractivity (Wildman–Crippen MR) is 78.7 cm³/mol. The normalized spacial score (nSPS) is 15.4. The van der Waals surface area contributed by atoms with Crippen molar-refractivity contribution in [3.63, 3.8) is 0 Å². The first kappa shape index (κ1) is 12.2. The number of nitrogens with two attached hydrogens (primary N) is 1. The Labute approximate surface area is 114 Å². The number of pyridine rings is 1. The molecule has 1 atom stereocenters. The second kappa shape index (κ2) is 4.67. The van der Waals surface area contributed by atoms with Crippen LogP contribution < -0.4 is 10.6 Å². The molecule has 1 aliphatic rings. The summed E-state index contributed by atoms with van der Waals surface area (Å²) in [7, 11) is 0. The molecule has 1 unspecified atom stereocenters. The molecular formula is C16H19N3. The molecule has 0 amide bonds. The summed E-state index contributed by atoms with van der Waals surface area (Å²) in [6.45, 7) is 5.03. The quantitative estimate of drug-likeness (QED) is 0.894. The van der Waals surface area contributed by atoms with Crippen LogP contribution in [0.2, 0.25) is 0 Å². The van der Waals surface area contributed by atoms with Crippen LogP contribution in [0.3, 0.4) is 0 Å². The van der Waals surface area contributed by atoms with Crippen molar-refractivity contribution in [2.24, 2.45) is 5.73 Å². The summed E-state index contributed by atoms with van der Waals surface area (Å²) < 4.78 is 0. The van der Waals surface area contributed by atoms with Crippen molar-refractivity contribution in [3.05, 3.63) is 53.2 Å². The molecule has 2 N–H and O–H groups in total. The zero-order valence-electron chi connectivity index (χ0n) is 11.4. The van der Waals surface area contributed by atoms with Crippen molar-refractivity contribution >= 4 is 11.5 Å². The smallest absolute Gasteiger partial charge is 0.133 e. The number of para-hydroxylation sites is 1. The van der Waals surface area contributed by atoms with E-state index in [4.69, 9.17) is 10.7 Å². The van der Waals surface area contributed by atoms with Crippen molar-refractivity contribution in [3.8, 4) is 0 Å². The van der Waals surface area contributed by atoms with Gasteiger partial charge in [-0.1, -0.05) is 24.3 Å². The maximum Gasteiger partial charge on any atom is 0.133 e. The SMILES string of the molecule is Cc1nc(N2CCc3ccccc32)ccc1C(C)N. The second-order valence-corrected chi connectivity index (χ2v) is 5.16. The van der Waals surface area contributed by atoms with Crippen LogP contribution >= 0.6 is 0 Å². The highest BCUT2D eigenvalue weighted by atomic mass is 15.2. The van der Waals surface area contributed by atoms with Crippen LogP contribution in [0.5, 0.6) is 0 Å². The molecule has 3 nitrogen and oxygen atoms in total. The van der Waals surface area contributed by atoms with Crippen LogP contribution in [0.4, 0.5) is 11.5 Å². The average Bonchev–Trinajstić information content (AvgIpc) is 2.82. The number of hydrogen-bond acceptors (Lipinski definition) is 3. The lowest BCUT2D eigenvalue weighted by atomic mass is 10.1. The zero-order valence-corrected chi connectivity index (χ0v) is 11.4. The molecule has 2 aromatic rings. The maximum atomic E-state index is 5.94. The first-order valence-corrected chi connectivity index (χ1v) is 6.75. The van der Waals surface area contributed by atoms with Gasteiger partial charge in [-0.25, -0.2) is 4.98 Å². The number of benzene rings is 1. The van der Waals surface area contributed by atoms with Gasteiger partial charge in [0.2, 0.25) is 0 Å². The molecule has 2 heterocycles. The molecule has 1 aliphatic heterocycles. The average molecular weight is 253 g/mol. The Bertz CT molecular complexity index is 605. The number of aryl methyl sites for hydroxylation is 1. The van der Waals surface area contributed by atoms with Gasteiger partial charge < -0.3 is 10.6 Å². The van der Waals surface area contributed by atoms with Crippen molar-refractivity contribution in [1.29, 1.82) is 0 Å². The molecule has 1 aromatic heterocycles. The van der Waals surface area contributed by atoms with Crippen LogP contribution in [0.25, 0.3) is 0 Å². The summed E-state index contributed by atoms with van der Waals surface area (Å²) >= 11 is 0. The predicted octanol–water partition coefficient (Wildman–Crippen LogP) is 3.10. The molecule has 0 fully saturated rings. The van der Waals surface area contributed by atoms with Gasteiger partial charge in [0.15, 0.2) is 0 Å². The molecule has 0 bridgehead atoms. The number of aromatic nitrogens is 1. The number of nitrogens with zero attached hydrogens (tertiary/aromatic N) is 2. The molecule has 98 valence electrons. The van der Waals surface area contributed by atoms with Crippen LogP contribution in [0.1, 0.15) is 29.8 Å². The van der Waals surface area contributed by atoms with Gasteiger partial charge in [-0.3, -0.25) is 0 Å². The van der Waals surface area contributed by atoms with Gasteiger partial charge in [-0.2, -0.15) is 0 Å². The van der Waals surface area contributed by atoms with Crippen molar-refractivity contribution in [2.75, 3.05) is 11.4 Å². The van der Waals surface area contributed by atoms with E-state index in [1.807, 2.05) is 13.8 Å². The highest BCUT2D eigenvalue weighted by Crippen LogP contribution is 2.33. The Morgan fingerprint density at radius 3 is 2.74 bits per heavy atom. The molecule has 0 radical (unpaired) electrons. The third-order valence-corrected chi connectivity index (χ3v) is 3.77. The van der Waals surface area contributed by atoms with Crippen molar-refractivity contribution < 1.29 is 0 Å². The summed E-state index contributed by atoms with van der Waals surface area (Å²) in [5.41, 5.74) is 10.8. The number of anilines is 2. The van der Waals surface area contributed by atoms with Crippen LogP contribution in [-0.2, 0) is 6.42 Å². The van der Waals surface area contributed by atoms with E-state index < -0.39 is 0 Å². The number of fused-ring (bicyclic) bond motifs is 1. The minimum absolute atomic E-state index is 0.0346. The molecular weight excluding hydrogens is 234 g/mol. The van der Waals surface area contributed by atoms with Gasteiger partial charge in [0, 0.05) is 24.0 Å². The molecule has 0 aliphatic carbocycles. The van der Waals surface area contributed by atoms with E-state index >= 15 is 0 Å². The topological polar surface area (TPSA) is 42.2 Å². The zero-order chi connectivity index (χ0) is 13.4. The van der Waals surface area contributed by atoms with Gasteiger partial charge in [-0.15, -0.1) is 0 Å². The highest BCUT2D eigenvalue weighted by Gasteiger charge is 2.21. The largest absolute Gasteiger partial charge is 0.326 e. The minimum atomic E-state index is 0.0346. The first-order valence-electron chi connectivity index (χ1n) is 6.75. The molecule has 1 aromatic carbocycles. The molecule has 0 spiro atoms. The van der Waals surface area contributed by atoms with Gasteiger partial charge in [-0.05, 0) is 43.5 Å². The fourth-order valence-corrected chi connectivity index (χ4v) is 2.77. The molecule has 3 rings (SSSR count). The van der Waals surface area contributed by atoms with E-state index in [-0.39, 0.29) is 6.04 Å². The van der Waals surface area contributed by atoms with E-state index in [1.165, 1.54) is 11.3 Å². The van der Waals surface area contributed by atoms with Crippen molar-refractivity contribution in [1.82, 2.24) is 4.98 Å². The second-order valence-electron chi connectivity index (χ2n) is 5.16. The van der Waals surface area contributed by atoms with Gasteiger partial charge in [0.05, 0.1) is 0 Å². The Hall–Kier alpha value is -1.87. The fourth-order valence-electron chi connectivity index (χ4n) is 2.77. The van der Waals surface area contributed by atoms with Gasteiger partial charge >= 0.3 is 0 Å². The lowest BCUT2D eigenvalue weighted by Gasteiger charge is -2.20. The molecule has 19 heavy (non-hydrogen) atoms. The summed E-state index contributed by atoms with van der Waals surface area (Å²) in [5, 5.41) is 0. The summed E-state index contributed by atoms with van der Waals surface area (Å²) in [6.07, 6.45) is 1.09. The van der Waals surface area contributed by atoms with Crippen LogP contribution in [0, 0.1) is 6.92 Å². The standard InChI is InChI=1S/C16H19N3/c1-11(17)14-7-8-16(18-12(14)2)19-10-9-13-5-3-4-6-15(13)19/h3-8,11H,9-10,17H2,1-2H3. The summed E-state index contributed by atoms with van der Waals surface area (Å²) in [6, 6.07) is 12.8. The third-order valence-electron chi connectivity index (χ3n) is 3.77. The third kappa shape index (κ3) is 2.10. The first-order chi connectivity index (χ1) is 9.16. The van der Waals surface area contributed by atoms with Crippen LogP contribution in [0.15, 0.2) is 36.4 Å². The Balaban J connectivity index is 1.99. The lowest BCUT2D eigenvalue weighted by Crippen LogP contribution is -2.16. The molecule has 0 saturated carbocycles. The lowest BCUT2D eigenvalue weighted by molar-refractivity contribution is 0.797. The maximum absolute atomic E-state index is 5.94. The van der Waals surface area contributed by atoms with Gasteiger partial charge in [0.1, 0.15) is 5.82 Å². The number of hydrogen-bond donors (Lipinski definition) is 1. The number of rotatable bonds is 2. The molecule has 0 saturated heterocycles. The Morgan fingerprint density at radius 2 is 2.00 bits per heavy atom. The van der Waals surface area contributed by atoms with E-state index in [1.54, 1.807) is 0 Å². The molecule has 3 heteroatoms. The minimum Gasteiger partial charge on any atom is -0.326 e. The van der Waals surface area contributed by atoms with E-state index in [0.29, 0.717) is 0 Å². The van der Waals surface area contributed by atoms with E-state index in [9.17, 15) is 0 Å². The van der Waals surface area contributed by atoms with E-state index in [2.05, 4.69) is 41.3 Å². The highest BCUT2D eigenvalue weighted by molar-refractivity contribution is 5.67. The van der Waals surface area contributed by atoms with E-state index in [0.717, 1.165) is 30.0 Å². The summed E-state index contributed by atoms with van der Waals surface area (Å²) in [4.78, 5) is 7.01. The van der Waals surface area contributed by atoms with Crippen molar-refractivity contribution in [2.45, 2.75) is 26.3 Å². The van der Waals surface area contributed by atoms with Crippen LogP contribution in [-0.4, -0.2) is 11.5 Å². The summed E-state index contributed by atoms with van der Waals surface area (Å²) in [5.74, 6) is 1.02. The fraction of sp³-hybridized carbons (Fsp3) is 0.312. The Kier molecular flexibility index (Phi) is 2.99.